The van der Waals surface area contributed by atoms with E-state index in [4.69, 9.17) is 14.2 Å². The smallest absolute Gasteiger partial charge is 0.306 e. The standard InChI is InChI=1S/C53H92O6/c1-4-7-10-13-16-19-22-25-26-29-31-34-37-40-43-46-52(55)58-49-50(59-53(56)47-44-41-38-35-32-28-24-21-18-15-12-9-6-3)48-57-51(54)45-42-39-36-33-30-27-23-20-17-14-11-8-5-2/h9,12,18,20-21,23,28,32,38,41,50H,4-8,10-11,13-17,19,22,24-27,29-31,33-37,39-40,42-49H2,1-3H3/b12-9-,21-18-,23-20-,32-28-,41-38-. The molecule has 1 unspecified atom stereocenters. The van der Waals surface area contributed by atoms with Gasteiger partial charge in [0.1, 0.15) is 13.2 Å². The second-order valence-corrected chi connectivity index (χ2v) is 16.3. The number of unbranched alkanes of at least 4 members (excludes halogenated alkanes) is 23. The molecule has 0 radical (unpaired) electrons. The van der Waals surface area contributed by atoms with Crippen molar-refractivity contribution < 1.29 is 28.6 Å². The molecule has 0 aromatic rings. The van der Waals surface area contributed by atoms with Crippen LogP contribution in [-0.2, 0) is 28.6 Å². The molecule has 0 aromatic heterocycles. The van der Waals surface area contributed by atoms with E-state index in [-0.39, 0.29) is 31.6 Å². The maximum atomic E-state index is 12.7. The third kappa shape index (κ3) is 46.0. The zero-order valence-corrected chi connectivity index (χ0v) is 38.8. The molecular formula is C53H92O6. The van der Waals surface area contributed by atoms with E-state index < -0.39 is 12.1 Å². The first kappa shape index (κ1) is 56.1. The van der Waals surface area contributed by atoms with Gasteiger partial charge < -0.3 is 14.2 Å². The fourth-order valence-corrected chi connectivity index (χ4v) is 6.80. The summed E-state index contributed by atoms with van der Waals surface area (Å²) in [5, 5.41) is 0. The minimum atomic E-state index is -0.811. The average Bonchev–Trinajstić information content (AvgIpc) is 3.23. The molecule has 0 bridgehead atoms. The second kappa shape index (κ2) is 47.8. The SMILES string of the molecule is CC/C=C\C/C=C\C/C=C\C/C=C\CCC(=O)OC(COC(=O)CCCCCCC/C=C\CCCCCC)COC(=O)CCCCCCCCCCCCCCCCC. The highest BCUT2D eigenvalue weighted by Crippen LogP contribution is 2.15. The number of carbonyl (C=O) groups is 3. The zero-order chi connectivity index (χ0) is 43.0. The Morgan fingerprint density at radius 2 is 0.695 bits per heavy atom. The topological polar surface area (TPSA) is 78.9 Å². The summed E-state index contributed by atoms with van der Waals surface area (Å²) in [6.07, 6.45) is 57.9. The van der Waals surface area contributed by atoms with Gasteiger partial charge in [-0.15, -0.1) is 0 Å². The van der Waals surface area contributed by atoms with Crippen LogP contribution in [0.2, 0.25) is 0 Å². The van der Waals surface area contributed by atoms with Crippen molar-refractivity contribution in [1.29, 1.82) is 0 Å². The van der Waals surface area contributed by atoms with Gasteiger partial charge >= 0.3 is 17.9 Å². The normalized spacial score (nSPS) is 12.5. The van der Waals surface area contributed by atoms with E-state index in [0.29, 0.717) is 19.3 Å². The highest BCUT2D eigenvalue weighted by Gasteiger charge is 2.19. The zero-order valence-electron chi connectivity index (χ0n) is 38.8. The lowest BCUT2D eigenvalue weighted by molar-refractivity contribution is -0.166. The van der Waals surface area contributed by atoms with Gasteiger partial charge in [-0.05, 0) is 70.6 Å². The first-order chi connectivity index (χ1) is 29.0. The molecule has 0 aromatic carbocycles. The van der Waals surface area contributed by atoms with Gasteiger partial charge in [0, 0.05) is 19.3 Å². The highest BCUT2D eigenvalue weighted by atomic mass is 16.6. The maximum Gasteiger partial charge on any atom is 0.306 e. The van der Waals surface area contributed by atoms with E-state index in [1.807, 2.05) is 12.2 Å². The Hall–Kier alpha value is -2.89. The van der Waals surface area contributed by atoms with Crippen molar-refractivity contribution in [2.75, 3.05) is 13.2 Å². The quantitative estimate of drug-likeness (QED) is 0.0263. The van der Waals surface area contributed by atoms with Crippen molar-refractivity contribution >= 4 is 17.9 Å². The Labute approximate surface area is 364 Å². The third-order valence-corrected chi connectivity index (χ3v) is 10.5. The predicted molar refractivity (Wildman–Crippen MR) is 251 cm³/mol. The number of carbonyl (C=O) groups excluding carboxylic acids is 3. The summed E-state index contributed by atoms with van der Waals surface area (Å²) in [6.45, 7) is 6.44. The summed E-state index contributed by atoms with van der Waals surface area (Å²) in [7, 11) is 0. The van der Waals surface area contributed by atoms with E-state index in [1.165, 1.54) is 122 Å². The van der Waals surface area contributed by atoms with E-state index in [1.54, 1.807) is 0 Å². The molecule has 0 heterocycles. The molecule has 340 valence electrons. The number of hydrogen-bond acceptors (Lipinski definition) is 6. The molecule has 0 aliphatic heterocycles. The molecule has 6 heteroatoms. The van der Waals surface area contributed by atoms with Crippen molar-refractivity contribution in [1.82, 2.24) is 0 Å². The molecule has 0 saturated carbocycles. The van der Waals surface area contributed by atoms with E-state index in [0.717, 1.165) is 70.6 Å². The van der Waals surface area contributed by atoms with Gasteiger partial charge in [-0.25, -0.2) is 0 Å². The molecule has 0 aliphatic carbocycles. The van der Waals surface area contributed by atoms with Crippen molar-refractivity contribution in [2.45, 2.75) is 245 Å². The predicted octanol–water partition coefficient (Wildman–Crippen LogP) is 16.1. The number of allylic oxidation sites excluding steroid dienone is 10. The van der Waals surface area contributed by atoms with Gasteiger partial charge in [0.05, 0.1) is 0 Å². The molecule has 0 N–H and O–H groups in total. The van der Waals surface area contributed by atoms with Crippen molar-refractivity contribution in [3.63, 3.8) is 0 Å². The van der Waals surface area contributed by atoms with Gasteiger partial charge in [0.15, 0.2) is 6.10 Å². The van der Waals surface area contributed by atoms with Gasteiger partial charge in [0.2, 0.25) is 0 Å². The largest absolute Gasteiger partial charge is 0.462 e. The van der Waals surface area contributed by atoms with Crippen LogP contribution in [0.4, 0.5) is 0 Å². The van der Waals surface area contributed by atoms with Gasteiger partial charge in [-0.2, -0.15) is 0 Å². The van der Waals surface area contributed by atoms with Crippen LogP contribution in [0.5, 0.6) is 0 Å². The number of rotatable bonds is 44. The Morgan fingerprint density at radius 3 is 1.12 bits per heavy atom. The number of esters is 3. The first-order valence-electron chi connectivity index (χ1n) is 24.8. The molecule has 0 spiro atoms. The van der Waals surface area contributed by atoms with Crippen LogP contribution in [-0.4, -0.2) is 37.2 Å². The molecule has 0 aliphatic rings. The monoisotopic (exact) mass is 825 g/mol. The van der Waals surface area contributed by atoms with Crippen LogP contribution in [0.25, 0.3) is 0 Å². The number of hydrogen-bond donors (Lipinski definition) is 0. The molecule has 0 saturated heterocycles. The van der Waals surface area contributed by atoms with Crippen LogP contribution >= 0.6 is 0 Å². The molecule has 0 rings (SSSR count). The number of ether oxygens (including phenoxy) is 3. The van der Waals surface area contributed by atoms with Crippen molar-refractivity contribution in [3.05, 3.63) is 60.8 Å². The fourth-order valence-electron chi connectivity index (χ4n) is 6.80. The van der Waals surface area contributed by atoms with Crippen LogP contribution in [0.1, 0.15) is 239 Å². The van der Waals surface area contributed by atoms with Crippen LogP contribution in [0, 0.1) is 0 Å². The molecule has 0 fully saturated rings. The Morgan fingerprint density at radius 1 is 0.356 bits per heavy atom. The van der Waals surface area contributed by atoms with Crippen LogP contribution in [0.15, 0.2) is 60.8 Å². The van der Waals surface area contributed by atoms with Gasteiger partial charge in [-0.3, -0.25) is 14.4 Å². The van der Waals surface area contributed by atoms with Gasteiger partial charge in [0.25, 0.3) is 0 Å². The summed E-state index contributed by atoms with van der Waals surface area (Å²) < 4.78 is 16.7. The first-order valence-corrected chi connectivity index (χ1v) is 24.8. The van der Waals surface area contributed by atoms with Gasteiger partial charge in [-0.1, -0.05) is 210 Å². The Kier molecular flexibility index (Phi) is 45.4. The molecular weight excluding hydrogens is 733 g/mol. The minimum absolute atomic E-state index is 0.103. The summed E-state index contributed by atoms with van der Waals surface area (Å²) >= 11 is 0. The lowest BCUT2D eigenvalue weighted by Crippen LogP contribution is -2.30. The van der Waals surface area contributed by atoms with Crippen LogP contribution in [0.3, 0.4) is 0 Å². The Balaban J connectivity index is 4.45. The average molecular weight is 825 g/mol. The molecule has 1 atom stereocenters. The molecule has 6 nitrogen and oxygen atoms in total. The third-order valence-electron chi connectivity index (χ3n) is 10.5. The highest BCUT2D eigenvalue weighted by molar-refractivity contribution is 5.71. The van der Waals surface area contributed by atoms with E-state index in [2.05, 4.69) is 69.4 Å². The summed E-state index contributed by atoms with van der Waals surface area (Å²) in [5.41, 5.74) is 0. The fraction of sp³-hybridized carbons (Fsp3) is 0.755. The molecule has 0 amide bonds. The maximum absolute atomic E-state index is 12.7. The molecule has 59 heavy (non-hydrogen) atoms. The summed E-state index contributed by atoms with van der Waals surface area (Å²) in [5.74, 6) is -0.992. The second-order valence-electron chi connectivity index (χ2n) is 16.3. The summed E-state index contributed by atoms with van der Waals surface area (Å²) in [6, 6.07) is 0. The van der Waals surface area contributed by atoms with E-state index in [9.17, 15) is 14.4 Å². The van der Waals surface area contributed by atoms with E-state index >= 15 is 0 Å². The lowest BCUT2D eigenvalue weighted by atomic mass is 10.0. The van der Waals surface area contributed by atoms with Crippen molar-refractivity contribution in [3.8, 4) is 0 Å². The minimum Gasteiger partial charge on any atom is -0.462 e. The van der Waals surface area contributed by atoms with Crippen molar-refractivity contribution in [2.24, 2.45) is 0 Å². The lowest BCUT2D eigenvalue weighted by Gasteiger charge is -2.18. The summed E-state index contributed by atoms with van der Waals surface area (Å²) in [4.78, 5) is 37.8. The van der Waals surface area contributed by atoms with Crippen LogP contribution < -0.4 is 0 Å². The Bertz CT molecular complexity index is 1090.